The number of carbonyl (C=O) groups is 1. The molecule has 0 aliphatic rings. The fourth-order valence-corrected chi connectivity index (χ4v) is 2.90. The second-order valence-electron chi connectivity index (χ2n) is 6.27. The Kier molecular flexibility index (Phi) is 4.53. The zero-order chi connectivity index (χ0) is 18.6. The van der Waals surface area contributed by atoms with Crippen LogP contribution >= 0.6 is 0 Å². The predicted molar refractivity (Wildman–Crippen MR) is 104 cm³/mol. The van der Waals surface area contributed by atoms with E-state index in [-0.39, 0.29) is 5.91 Å². The van der Waals surface area contributed by atoms with E-state index in [1.165, 1.54) is 0 Å². The van der Waals surface area contributed by atoms with Gasteiger partial charge in [-0.15, -0.1) is 0 Å². The average Bonchev–Trinajstić information content (AvgIpc) is 3.33. The summed E-state index contributed by atoms with van der Waals surface area (Å²) in [6.45, 7) is 2.51. The summed E-state index contributed by atoms with van der Waals surface area (Å²) in [6.07, 6.45) is 3.58. The van der Waals surface area contributed by atoms with Gasteiger partial charge in [0.2, 0.25) is 0 Å². The highest BCUT2D eigenvalue weighted by Crippen LogP contribution is 2.15. The van der Waals surface area contributed by atoms with Gasteiger partial charge in [0, 0.05) is 24.0 Å². The van der Waals surface area contributed by atoms with Crippen molar-refractivity contribution in [2.24, 2.45) is 0 Å². The van der Waals surface area contributed by atoms with Crippen LogP contribution in [-0.2, 0) is 6.54 Å². The zero-order valence-corrected chi connectivity index (χ0v) is 14.9. The molecule has 0 atom stereocenters. The minimum Gasteiger partial charge on any atom is -0.307 e. The molecule has 134 valence electrons. The highest BCUT2D eigenvalue weighted by Gasteiger charge is 2.12. The molecule has 0 bridgehead atoms. The SMILES string of the molecule is Cc1cc(NC(=O)c2ccc(-n3cccn3)cc2)n(Cc2ccccc2)n1. The number of nitrogens with one attached hydrogen (secondary N) is 1. The third-order valence-electron chi connectivity index (χ3n) is 4.22. The quantitative estimate of drug-likeness (QED) is 0.593. The number of nitrogens with zero attached hydrogens (tertiary/aromatic N) is 4. The van der Waals surface area contributed by atoms with Gasteiger partial charge in [0.15, 0.2) is 0 Å². The molecule has 6 nitrogen and oxygen atoms in total. The molecule has 2 aromatic heterocycles. The molecule has 4 rings (SSSR count). The van der Waals surface area contributed by atoms with Crippen molar-refractivity contribution in [1.29, 1.82) is 0 Å². The van der Waals surface area contributed by atoms with Gasteiger partial charge in [0.05, 0.1) is 17.9 Å². The molecule has 2 heterocycles. The van der Waals surface area contributed by atoms with Crippen molar-refractivity contribution in [2.75, 3.05) is 5.32 Å². The second-order valence-corrected chi connectivity index (χ2v) is 6.27. The van der Waals surface area contributed by atoms with Crippen molar-refractivity contribution in [3.05, 3.63) is 95.9 Å². The lowest BCUT2D eigenvalue weighted by Gasteiger charge is -2.09. The number of aromatic nitrogens is 4. The Balaban J connectivity index is 1.51. The van der Waals surface area contributed by atoms with Crippen molar-refractivity contribution in [3.63, 3.8) is 0 Å². The van der Waals surface area contributed by atoms with Crippen molar-refractivity contribution < 1.29 is 4.79 Å². The third-order valence-corrected chi connectivity index (χ3v) is 4.22. The van der Waals surface area contributed by atoms with Crippen LogP contribution in [0.4, 0.5) is 5.82 Å². The summed E-state index contributed by atoms with van der Waals surface area (Å²) in [5.41, 5.74) is 3.47. The van der Waals surface area contributed by atoms with Crippen LogP contribution in [0.2, 0.25) is 0 Å². The van der Waals surface area contributed by atoms with Crippen LogP contribution < -0.4 is 5.32 Å². The summed E-state index contributed by atoms with van der Waals surface area (Å²) in [5, 5.41) is 11.6. The Morgan fingerprint density at radius 1 is 1.04 bits per heavy atom. The Morgan fingerprint density at radius 2 is 1.81 bits per heavy atom. The molecule has 0 saturated carbocycles. The fraction of sp³-hybridized carbons (Fsp3) is 0.0952. The highest BCUT2D eigenvalue weighted by atomic mass is 16.1. The maximum absolute atomic E-state index is 12.7. The smallest absolute Gasteiger partial charge is 0.256 e. The van der Waals surface area contributed by atoms with Crippen molar-refractivity contribution in [3.8, 4) is 5.69 Å². The van der Waals surface area contributed by atoms with E-state index in [1.807, 2.05) is 67.7 Å². The Labute approximate surface area is 157 Å². The van der Waals surface area contributed by atoms with Crippen LogP contribution in [-0.4, -0.2) is 25.5 Å². The first-order valence-corrected chi connectivity index (χ1v) is 8.69. The largest absolute Gasteiger partial charge is 0.307 e. The molecule has 0 radical (unpaired) electrons. The van der Waals surface area contributed by atoms with Crippen LogP contribution in [0.3, 0.4) is 0 Å². The lowest BCUT2D eigenvalue weighted by Crippen LogP contribution is -2.16. The molecule has 0 aliphatic heterocycles. The van der Waals surface area contributed by atoms with Gasteiger partial charge in [-0.2, -0.15) is 10.2 Å². The molecule has 2 aromatic carbocycles. The predicted octanol–water partition coefficient (Wildman–Crippen LogP) is 3.68. The molecule has 27 heavy (non-hydrogen) atoms. The van der Waals surface area contributed by atoms with Gasteiger partial charge in [-0.1, -0.05) is 30.3 Å². The summed E-state index contributed by atoms with van der Waals surface area (Å²) in [4.78, 5) is 12.7. The van der Waals surface area contributed by atoms with E-state index in [0.29, 0.717) is 17.9 Å². The van der Waals surface area contributed by atoms with Gasteiger partial charge >= 0.3 is 0 Å². The van der Waals surface area contributed by atoms with Crippen molar-refractivity contribution in [1.82, 2.24) is 19.6 Å². The van der Waals surface area contributed by atoms with E-state index >= 15 is 0 Å². The van der Waals surface area contributed by atoms with Crippen molar-refractivity contribution >= 4 is 11.7 Å². The van der Waals surface area contributed by atoms with Gasteiger partial charge in [0.1, 0.15) is 5.82 Å². The minimum absolute atomic E-state index is 0.170. The van der Waals surface area contributed by atoms with Crippen LogP contribution in [0.5, 0.6) is 0 Å². The summed E-state index contributed by atoms with van der Waals surface area (Å²) in [7, 11) is 0. The van der Waals surface area contributed by atoms with Gasteiger partial charge in [-0.05, 0) is 42.8 Å². The number of hydrogen-bond donors (Lipinski definition) is 1. The van der Waals surface area contributed by atoms with E-state index in [4.69, 9.17) is 0 Å². The molecule has 0 fully saturated rings. The maximum Gasteiger partial charge on any atom is 0.256 e. The fourth-order valence-electron chi connectivity index (χ4n) is 2.90. The van der Waals surface area contributed by atoms with Gasteiger partial charge in [-0.25, -0.2) is 9.36 Å². The number of aryl methyl sites for hydroxylation is 1. The molecule has 0 aliphatic carbocycles. The summed E-state index contributed by atoms with van der Waals surface area (Å²) < 4.78 is 3.56. The first kappa shape index (κ1) is 16.8. The average molecular weight is 357 g/mol. The maximum atomic E-state index is 12.7. The normalized spacial score (nSPS) is 10.7. The number of benzene rings is 2. The molecular formula is C21H19N5O. The van der Waals surface area contributed by atoms with Gasteiger partial charge in [0.25, 0.3) is 5.91 Å². The summed E-state index contributed by atoms with van der Waals surface area (Å²) in [6, 6.07) is 21.1. The third kappa shape index (κ3) is 3.79. The molecule has 1 N–H and O–H groups in total. The Hall–Kier alpha value is -3.67. The minimum atomic E-state index is -0.170. The van der Waals surface area contributed by atoms with E-state index in [9.17, 15) is 4.79 Å². The number of hydrogen-bond acceptors (Lipinski definition) is 3. The van der Waals surface area contributed by atoms with Crippen LogP contribution in [0.15, 0.2) is 79.1 Å². The summed E-state index contributed by atoms with van der Waals surface area (Å²) >= 11 is 0. The number of amides is 1. The first-order valence-electron chi connectivity index (χ1n) is 8.69. The first-order chi connectivity index (χ1) is 13.2. The second kappa shape index (κ2) is 7.29. The molecule has 6 heteroatoms. The lowest BCUT2D eigenvalue weighted by atomic mass is 10.2. The molecule has 0 unspecified atom stereocenters. The Bertz CT molecular complexity index is 1030. The van der Waals surface area contributed by atoms with E-state index in [1.54, 1.807) is 27.7 Å². The monoisotopic (exact) mass is 357 g/mol. The molecular weight excluding hydrogens is 338 g/mol. The number of carbonyl (C=O) groups excluding carboxylic acids is 1. The molecule has 0 saturated heterocycles. The zero-order valence-electron chi connectivity index (χ0n) is 14.9. The van der Waals surface area contributed by atoms with Gasteiger partial charge < -0.3 is 5.32 Å². The summed E-state index contributed by atoms with van der Waals surface area (Å²) in [5.74, 6) is 0.508. The lowest BCUT2D eigenvalue weighted by molar-refractivity contribution is 0.102. The van der Waals surface area contributed by atoms with E-state index in [2.05, 4.69) is 15.5 Å². The van der Waals surface area contributed by atoms with Crippen LogP contribution in [0.1, 0.15) is 21.6 Å². The Morgan fingerprint density at radius 3 is 2.52 bits per heavy atom. The van der Waals surface area contributed by atoms with Crippen LogP contribution in [0.25, 0.3) is 5.69 Å². The number of rotatable bonds is 5. The molecule has 4 aromatic rings. The molecule has 0 spiro atoms. The van der Waals surface area contributed by atoms with E-state index < -0.39 is 0 Å². The standard InChI is InChI=1S/C21H19N5O/c1-16-14-20(26(24-16)15-17-6-3-2-4-7-17)23-21(27)18-8-10-19(11-9-18)25-13-5-12-22-25/h2-14H,15H2,1H3,(H,23,27). The molecule has 1 amide bonds. The topological polar surface area (TPSA) is 64.7 Å². The van der Waals surface area contributed by atoms with Crippen LogP contribution in [0, 0.1) is 6.92 Å². The van der Waals surface area contributed by atoms with E-state index in [0.717, 1.165) is 16.9 Å². The van der Waals surface area contributed by atoms with Crippen molar-refractivity contribution in [2.45, 2.75) is 13.5 Å². The van der Waals surface area contributed by atoms with Gasteiger partial charge in [-0.3, -0.25) is 4.79 Å². The highest BCUT2D eigenvalue weighted by molar-refractivity contribution is 6.03. The number of anilines is 1.